The number of nitrogens with zero attached hydrogens (tertiary/aromatic N) is 3. The lowest BCUT2D eigenvalue weighted by atomic mass is 9.99. The average molecular weight is 490 g/mol. The molecule has 2 fully saturated rings. The maximum atomic E-state index is 13.8. The highest BCUT2D eigenvalue weighted by Crippen LogP contribution is 2.22. The van der Waals surface area contributed by atoms with Gasteiger partial charge in [-0.25, -0.2) is 4.39 Å². The lowest BCUT2D eigenvalue weighted by molar-refractivity contribution is 0.0168. The first-order valence-electron chi connectivity index (χ1n) is 9.70. The van der Waals surface area contributed by atoms with Crippen molar-refractivity contribution in [2.75, 3.05) is 53.0 Å². The van der Waals surface area contributed by atoms with Crippen LogP contribution in [0.2, 0.25) is 0 Å². The number of guanidine groups is 1. The Labute approximate surface area is 179 Å². The predicted molar refractivity (Wildman–Crippen MR) is 118 cm³/mol. The van der Waals surface area contributed by atoms with E-state index in [1.807, 2.05) is 13.1 Å². The molecule has 0 saturated carbocycles. The molecule has 0 amide bonds. The van der Waals surface area contributed by atoms with Gasteiger partial charge in [0.15, 0.2) is 5.96 Å². The number of halogens is 2. The number of hydrogen-bond acceptors (Lipinski definition) is 3. The van der Waals surface area contributed by atoms with E-state index >= 15 is 0 Å². The van der Waals surface area contributed by atoms with E-state index in [1.165, 1.54) is 18.9 Å². The summed E-state index contributed by atoms with van der Waals surface area (Å²) in [6.45, 7) is 8.29. The Morgan fingerprint density at radius 2 is 1.96 bits per heavy atom. The van der Waals surface area contributed by atoms with Gasteiger partial charge in [-0.05, 0) is 36.5 Å². The molecule has 0 spiro atoms. The summed E-state index contributed by atoms with van der Waals surface area (Å²) in [5.41, 5.74) is 1.00. The van der Waals surface area contributed by atoms with Gasteiger partial charge in [-0.15, -0.1) is 24.0 Å². The van der Waals surface area contributed by atoms with E-state index in [-0.39, 0.29) is 35.8 Å². The van der Waals surface area contributed by atoms with Gasteiger partial charge in [0, 0.05) is 39.8 Å². The van der Waals surface area contributed by atoms with Gasteiger partial charge in [-0.1, -0.05) is 19.1 Å². The average Bonchev–Trinajstić information content (AvgIpc) is 2.67. The van der Waals surface area contributed by atoms with Crippen LogP contribution in [0.25, 0.3) is 0 Å². The third kappa shape index (κ3) is 6.29. The zero-order chi connectivity index (χ0) is 18.4. The Balaban J connectivity index is 0.00000261. The molecular weight excluding hydrogens is 458 g/mol. The van der Waals surface area contributed by atoms with Crippen molar-refractivity contribution in [2.45, 2.75) is 25.8 Å². The maximum absolute atomic E-state index is 13.8. The minimum atomic E-state index is -0.185. The maximum Gasteiger partial charge on any atom is 0.193 e. The summed E-state index contributed by atoms with van der Waals surface area (Å²) in [5.74, 6) is 1.56. The number of hydrogen-bond donors (Lipinski definition) is 1. The zero-order valence-electron chi connectivity index (χ0n) is 16.4. The number of rotatable bonds is 4. The van der Waals surface area contributed by atoms with E-state index in [2.05, 4.69) is 27.0 Å². The summed E-state index contributed by atoms with van der Waals surface area (Å²) in [5, 5.41) is 3.54. The van der Waals surface area contributed by atoms with E-state index in [4.69, 9.17) is 4.74 Å². The molecule has 0 radical (unpaired) electrons. The monoisotopic (exact) mass is 490 g/mol. The van der Waals surface area contributed by atoms with Gasteiger partial charge in [0.2, 0.25) is 0 Å². The van der Waals surface area contributed by atoms with Crippen molar-refractivity contribution in [3.63, 3.8) is 0 Å². The summed E-state index contributed by atoms with van der Waals surface area (Å²) in [7, 11) is 1.84. The number of likely N-dealkylation sites (tertiary alicyclic amines) is 1. The lowest BCUT2D eigenvalue weighted by Crippen LogP contribution is -2.49. The molecule has 152 valence electrons. The third-order valence-electron chi connectivity index (χ3n) is 5.47. The quantitative estimate of drug-likeness (QED) is 0.400. The molecule has 0 bridgehead atoms. The summed E-state index contributed by atoms with van der Waals surface area (Å²) in [4.78, 5) is 9.19. The second-order valence-electron chi connectivity index (χ2n) is 7.32. The standard InChI is InChI=1S/C20H31FN4O.HI/c1-16-6-8-25(9-7-16)20(22-2)23-15-19(24-10-12-26-13-11-24)17-4-3-5-18(21)14-17;/h3-5,14,16,19H,6-13,15H2,1-2H3,(H,22,23);1H. The number of aliphatic imine (C=N–C) groups is 1. The highest BCUT2D eigenvalue weighted by molar-refractivity contribution is 14.0. The Morgan fingerprint density at radius 3 is 2.59 bits per heavy atom. The molecule has 7 heteroatoms. The molecule has 5 nitrogen and oxygen atoms in total. The van der Waals surface area contributed by atoms with Crippen LogP contribution in [0.15, 0.2) is 29.3 Å². The van der Waals surface area contributed by atoms with Crippen LogP contribution in [0.4, 0.5) is 4.39 Å². The summed E-state index contributed by atoms with van der Waals surface area (Å²) in [6.07, 6.45) is 2.41. The summed E-state index contributed by atoms with van der Waals surface area (Å²) in [6, 6.07) is 7.05. The van der Waals surface area contributed by atoms with Gasteiger partial charge < -0.3 is 15.0 Å². The van der Waals surface area contributed by atoms with Crippen molar-refractivity contribution < 1.29 is 9.13 Å². The zero-order valence-corrected chi connectivity index (χ0v) is 18.7. The first-order valence-corrected chi connectivity index (χ1v) is 9.70. The Morgan fingerprint density at radius 1 is 1.26 bits per heavy atom. The molecule has 2 aliphatic rings. The smallest absolute Gasteiger partial charge is 0.193 e. The Kier molecular flexibility index (Phi) is 9.25. The van der Waals surface area contributed by atoms with Gasteiger partial charge in [0.1, 0.15) is 5.82 Å². The summed E-state index contributed by atoms with van der Waals surface area (Å²) >= 11 is 0. The highest BCUT2D eigenvalue weighted by Gasteiger charge is 2.25. The van der Waals surface area contributed by atoms with E-state index in [1.54, 1.807) is 12.1 Å². The van der Waals surface area contributed by atoms with Crippen LogP contribution in [0.1, 0.15) is 31.4 Å². The van der Waals surface area contributed by atoms with Crippen LogP contribution >= 0.6 is 24.0 Å². The molecule has 0 aromatic heterocycles. The molecule has 2 aliphatic heterocycles. The number of nitrogens with one attached hydrogen (secondary N) is 1. The second kappa shape index (κ2) is 11.2. The topological polar surface area (TPSA) is 40.1 Å². The molecule has 1 atom stereocenters. The fraction of sp³-hybridized carbons (Fsp3) is 0.650. The van der Waals surface area contributed by atoms with E-state index in [0.717, 1.165) is 56.8 Å². The SMILES string of the molecule is CN=C(NCC(c1cccc(F)c1)N1CCOCC1)N1CCC(C)CC1.I. The van der Waals surface area contributed by atoms with E-state index in [9.17, 15) is 4.39 Å². The van der Waals surface area contributed by atoms with Crippen molar-refractivity contribution in [1.29, 1.82) is 0 Å². The number of benzene rings is 1. The van der Waals surface area contributed by atoms with Crippen molar-refractivity contribution in [3.05, 3.63) is 35.6 Å². The van der Waals surface area contributed by atoms with Gasteiger partial charge >= 0.3 is 0 Å². The minimum Gasteiger partial charge on any atom is -0.379 e. The van der Waals surface area contributed by atoms with Crippen molar-refractivity contribution >= 4 is 29.9 Å². The third-order valence-corrected chi connectivity index (χ3v) is 5.47. The minimum absolute atomic E-state index is 0. The number of ether oxygens (including phenoxy) is 1. The van der Waals surface area contributed by atoms with Gasteiger partial charge in [0.05, 0.1) is 19.3 Å². The number of piperidine rings is 1. The van der Waals surface area contributed by atoms with Crippen LogP contribution in [0.3, 0.4) is 0 Å². The molecule has 2 saturated heterocycles. The molecule has 3 rings (SSSR count). The number of morpholine rings is 1. The van der Waals surface area contributed by atoms with E-state index in [0.29, 0.717) is 6.54 Å². The van der Waals surface area contributed by atoms with Gasteiger partial charge in [-0.3, -0.25) is 9.89 Å². The van der Waals surface area contributed by atoms with E-state index < -0.39 is 0 Å². The van der Waals surface area contributed by atoms with Crippen LogP contribution in [0.5, 0.6) is 0 Å². The van der Waals surface area contributed by atoms with Crippen molar-refractivity contribution in [3.8, 4) is 0 Å². The molecule has 1 aromatic carbocycles. The lowest BCUT2D eigenvalue weighted by Gasteiger charge is -2.37. The molecule has 2 heterocycles. The van der Waals surface area contributed by atoms with Gasteiger partial charge in [-0.2, -0.15) is 0 Å². The highest BCUT2D eigenvalue weighted by atomic mass is 127. The molecule has 1 aromatic rings. The van der Waals surface area contributed by atoms with Crippen molar-refractivity contribution in [1.82, 2.24) is 15.1 Å². The second-order valence-corrected chi connectivity index (χ2v) is 7.32. The first kappa shape index (κ1) is 22.4. The fourth-order valence-electron chi connectivity index (χ4n) is 3.80. The first-order chi connectivity index (χ1) is 12.7. The Hall–Kier alpha value is -0.930. The Bertz CT molecular complexity index is 601. The van der Waals surface area contributed by atoms with Crippen molar-refractivity contribution in [2.24, 2.45) is 10.9 Å². The predicted octanol–water partition coefficient (Wildman–Crippen LogP) is 3.12. The van der Waals surface area contributed by atoms with Crippen LogP contribution in [-0.4, -0.2) is 68.7 Å². The molecule has 0 aliphatic carbocycles. The van der Waals surface area contributed by atoms with Crippen LogP contribution < -0.4 is 5.32 Å². The fourth-order valence-corrected chi connectivity index (χ4v) is 3.80. The summed E-state index contributed by atoms with van der Waals surface area (Å²) < 4.78 is 19.3. The van der Waals surface area contributed by atoms with Gasteiger partial charge in [0.25, 0.3) is 0 Å². The molecule has 27 heavy (non-hydrogen) atoms. The normalized spacial score (nSPS) is 20.9. The largest absolute Gasteiger partial charge is 0.379 e. The van der Waals surface area contributed by atoms with Crippen LogP contribution in [0, 0.1) is 11.7 Å². The molecule has 1 N–H and O–H groups in total. The molecule has 1 unspecified atom stereocenters. The van der Waals surface area contributed by atoms with Crippen LogP contribution in [-0.2, 0) is 4.74 Å². The molecular formula is C20H32FIN4O.